The summed E-state index contributed by atoms with van der Waals surface area (Å²) in [5, 5.41) is 19.2. The molecule has 5 N–H and O–H groups in total. The van der Waals surface area contributed by atoms with E-state index in [0.717, 1.165) is 16.6 Å². The van der Waals surface area contributed by atoms with E-state index < -0.39 is 0 Å². The summed E-state index contributed by atoms with van der Waals surface area (Å²) in [5.41, 5.74) is 7.08. The lowest BCUT2D eigenvalue weighted by Gasteiger charge is -1.95. The molecule has 4 nitrogen and oxygen atoms in total. The molecule has 1 aromatic carbocycles. The van der Waals surface area contributed by atoms with E-state index in [1.165, 1.54) is 12.1 Å². The highest BCUT2D eigenvalue weighted by Gasteiger charge is 2.04. The summed E-state index contributed by atoms with van der Waals surface area (Å²) in [6.45, 7) is 0.413. The van der Waals surface area contributed by atoms with Crippen LogP contribution < -0.4 is 5.73 Å². The van der Waals surface area contributed by atoms with Crippen LogP contribution >= 0.6 is 0 Å². The fraction of sp³-hybridized carbons (Fsp3) is 0.111. The van der Waals surface area contributed by atoms with Crippen LogP contribution in [0, 0.1) is 0 Å². The van der Waals surface area contributed by atoms with Crippen molar-refractivity contribution in [3.63, 3.8) is 0 Å². The van der Waals surface area contributed by atoms with Crippen LogP contribution in [0.4, 0.5) is 0 Å². The molecule has 0 aliphatic heterocycles. The van der Waals surface area contributed by atoms with Gasteiger partial charge in [-0.25, -0.2) is 0 Å². The topological polar surface area (TPSA) is 82.3 Å². The van der Waals surface area contributed by atoms with Crippen molar-refractivity contribution in [3.8, 4) is 11.5 Å². The molecule has 0 aliphatic carbocycles. The maximum absolute atomic E-state index is 9.20. The molecule has 0 amide bonds. The Hall–Kier alpha value is -1.68. The van der Waals surface area contributed by atoms with Crippen LogP contribution in [-0.4, -0.2) is 15.2 Å². The van der Waals surface area contributed by atoms with Crippen LogP contribution in [0.3, 0.4) is 0 Å². The van der Waals surface area contributed by atoms with Gasteiger partial charge in [-0.15, -0.1) is 0 Å². The molecule has 0 bridgehead atoms. The molecule has 4 heteroatoms. The second-order valence-electron chi connectivity index (χ2n) is 2.93. The molecule has 2 rings (SSSR count). The number of aromatic amines is 1. The predicted molar refractivity (Wildman–Crippen MR) is 49.5 cm³/mol. The largest absolute Gasteiger partial charge is 0.504 e. The van der Waals surface area contributed by atoms with Gasteiger partial charge in [-0.1, -0.05) is 0 Å². The van der Waals surface area contributed by atoms with E-state index in [0.29, 0.717) is 6.54 Å². The molecule has 1 aromatic heterocycles. The van der Waals surface area contributed by atoms with Crippen molar-refractivity contribution in [1.29, 1.82) is 0 Å². The Morgan fingerprint density at radius 1 is 1.15 bits per heavy atom. The Morgan fingerprint density at radius 3 is 2.54 bits per heavy atom. The minimum atomic E-state index is -0.127. The third-order valence-electron chi connectivity index (χ3n) is 1.99. The third-order valence-corrected chi connectivity index (χ3v) is 1.99. The molecule has 0 fully saturated rings. The van der Waals surface area contributed by atoms with Crippen molar-refractivity contribution in [1.82, 2.24) is 4.98 Å². The van der Waals surface area contributed by atoms with Crippen molar-refractivity contribution >= 4 is 10.9 Å². The Kier molecular flexibility index (Phi) is 1.63. The Labute approximate surface area is 74.6 Å². The second kappa shape index (κ2) is 2.67. The van der Waals surface area contributed by atoms with Crippen molar-refractivity contribution in [3.05, 3.63) is 23.9 Å². The molecule has 0 saturated heterocycles. The van der Waals surface area contributed by atoms with Crippen LogP contribution in [0.5, 0.6) is 11.5 Å². The number of phenolic OH excluding ortho intramolecular Hbond substituents is 2. The lowest BCUT2D eigenvalue weighted by molar-refractivity contribution is 0.405. The highest BCUT2D eigenvalue weighted by atomic mass is 16.3. The summed E-state index contributed by atoms with van der Waals surface area (Å²) in [6.07, 6.45) is 0. The standard InChI is InChI=1S/C9H10N2O2/c10-4-6-1-5-2-8(12)9(13)3-7(5)11-6/h1-3,11-13H,4,10H2. The number of benzene rings is 1. The van der Waals surface area contributed by atoms with E-state index in [4.69, 9.17) is 5.73 Å². The van der Waals surface area contributed by atoms with E-state index in [1.54, 1.807) is 0 Å². The van der Waals surface area contributed by atoms with Crippen LogP contribution in [-0.2, 0) is 6.54 Å². The molecule has 0 aliphatic rings. The number of aromatic nitrogens is 1. The average Bonchev–Trinajstić information content (AvgIpc) is 2.48. The first kappa shape index (κ1) is 7.94. The number of aromatic hydroxyl groups is 2. The number of phenols is 2. The number of rotatable bonds is 1. The number of hydrogen-bond acceptors (Lipinski definition) is 3. The third kappa shape index (κ3) is 1.21. The maximum Gasteiger partial charge on any atom is 0.159 e. The molecule has 0 spiro atoms. The van der Waals surface area contributed by atoms with Gasteiger partial charge in [0.1, 0.15) is 0 Å². The monoisotopic (exact) mass is 178 g/mol. The number of nitrogens with two attached hydrogens (primary N) is 1. The van der Waals surface area contributed by atoms with Crippen LogP contribution in [0.15, 0.2) is 18.2 Å². The van der Waals surface area contributed by atoms with Gasteiger partial charge in [0.05, 0.1) is 0 Å². The lowest BCUT2D eigenvalue weighted by Crippen LogP contribution is -1.94. The molecular weight excluding hydrogens is 168 g/mol. The first-order chi connectivity index (χ1) is 6.20. The van der Waals surface area contributed by atoms with E-state index in [1.807, 2.05) is 6.07 Å². The van der Waals surface area contributed by atoms with Gasteiger partial charge in [-0.05, 0) is 12.1 Å². The normalized spacial score (nSPS) is 10.8. The van der Waals surface area contributed by atoms with E-state index >= 15 is 0 Å². The molecule has 0 radical (unpaired) electrons. The summed E-state index contributed by atoms with van der Waals surface area (Å²) in [5.74, 6) is -0.243. The summed E-state index contributed by atoms with van der Waals surface area (Å²) in [7, 11) is 0. The van der Waals surface area contributed by atoms with E-state index in [-0.39, 0.29) is 11.5 Å². The molecular formula is C9H10N2O2. The fourth-order valence-corrected chi connectivity index (χ4v) is 1.33. The zero-order valence-corrected chi connectivity index (χ0v) is 6.91. The zero-order chi connectivity index (χ0) is 9.42. The average molecular weight is 178 g/mol. The fourth-order valence-electron chi connectivity index (χ4n) is 1.33. The summed E-state index contributed by atoms with van der Waals surface area (Å²) in [6, 6.07) is 4.82. The molecule has 13 heavy (non-hydrogen) atoms. The molecule has 2 aromatic rings. The highest BCUT2D eigenvalue weighted by molar-refractivity contribution is 5.83. The van der Waals surface area contributed by atoms with Gasteiger partial charge in [0, 0.05) is 29.2 Å². The number of hydrogen-bond donors (Lipinski definition) is 4. The maximum atomic E-state index is 9.20. The SMILES string of the molecule is NCc1cc2cc(O)c(O)cc2[nH]1. The molecule has 0 saturated carbocycles. The highest BCUT2D eigenvalue weighted by Crippen LogP contribution is 2.30. The van der Waals surface area contributed by atoms with E-state index in [2.05, 4.69) is 4.98 Å². The minimum Gasteiger partial charge on any atom is -0.504 e. The van der Waals surface area contributed by atoms with Crippen LogP contribution in [0.2, 0.25) is 0 Å². The molecule has 68 valence electrons. The van der Waals surface area contributed by atoms with Gasteiger partial charge in [-0.3, -0.25) is 0 Å². The van der Waals surface area contributed by atoms with Crippen molar-refractivity contribution in [2.24, 2.45) is 5.73 Å². The Bertz CT molecular complexity index is 409. The summed E-state index contributed by atoms with van der Waals surface area (Å²) in [4.78, 5) is 3.02. The van der Waals surface area contributed by atoms with Gasteiger partial charge in [0.25, 0.3) is 0 Å². The summed E-state index contributed by atoms with van der Waals surface area (Å²) >= 11 is 0. The van der Waals surface area contributed by atoms with Gasteiger partial charge < -0.3 is 20.9 Å². The Morgan fingerprint density at radius 2 is 1.85 bits per heavy atom. The first-order valence-electron chi connectivity index (χ1n) is 3.94. The van der Waals surface area contributed by atoms with Gasteiger partial charge in [0.2, 0.25) is 0 Å². The van der Waals surface area contributed by atoms with Crippen LogP contribution in [0.1, 0.15) is 5.69 Å². The first-order valence-corrected chi connectivity index (χ1v) is 3.94. The van der Waals surface area contributed by atoms with Crippen molar-refractivity contribution in [2.45, 2.75) is 6.54 Å². The zero-order valence-electron chi connectivity index (χ0n) is 6.91. The number of H-pyrrole nitrogens is 1. The molecule has 0 unspecified atom stereocenters. The van der Waals surface area contributed by atoms with Crippen molar-refractivity contribution < 1.29 is 10.2 Å². The summed E-state index contributed by atoms with van der Waals surface area (Å²) < 4.78 is 0. The van der Waals surface area contributed by atoms with E-state index in [9.17, 15) is 10.2 Å². The number of nitrogens with one attached hydrogen (secondary N) is 1. The lowest BCUT2D eigenvalue weighted by atomic mass is 10.2. The Balaban J connectivity index is 2.70. The smallest absolute Gasteiger partial charge is 0.159 e. The minimum absolute atomic E-state index is 0.116. The van der Waals surface area contributed by atoms with Gasteiger partial charge >= 0.3 is 0 Å². The quantitative estimate of drug-likeness (QED) is 0.492. The number of fused-ring (bicyclic) bond motifs is 1. The van der Waals surface area contributed by atoms with Gasteiger partial charge in [0.15, 0.2) is 11.5 Å². The van der Waals surface area contributed by atoms with Gasteiger partial charge in [-0.2, -0.15) is 0 Å². The second-order valence-corrected chi connectivity index (χ2v) is 2.93. The van der Waals surface area contributed by atoms with Crippen LogP contribution in [0.25, 0.3) is 10.9 Å². The molecule has 1 heterocycles. The predicted octanol–water partition coefficient (Wildman–Crippen LogP) is 1.04. The van der Waals surface area contributed by atoms with Crippen molar-refractivity contribution in [2.75, 3.05) is 0 Å². The molecule has 0 atom stereocenters.